The van der Waals surface area contributed by atoms with Gasteiger partial charge in [-0.1, -0.05) is 0 Å². The quantitative estimate of drug-likeness (QED) is 0.362. The van der Waals surface area contributed by atoms with Crippen molar-refractivity contribution in [3.05, 3.63) is 11.3 Å². The number of carbonyl (C=O) groups is 1. The van der Waals surface area contributed by atoms with Crippen LogP contribution in [0, 0.1) is 5.41 Å². The monoisotopic (exact) mass is 322 g/mol. The molecule has 21 heavy (non-hydrogen) atoms. The molecule has 0 aliphatic rings. The predicted molar refractivity (Wildman–Crippen MR) is 80.7 cm³/mol. The maximum Gasteiger partial charge on any atom is 0.529 e. The van der Waals surface area contributed by atoms with Crippen molar-refractivity contribution in [2.45, 2.75) is 48.5 Å². The lowest BCUT2D eigenvalue weighted by atomic mass is 9.89. The van der Waals surface area contributed by atoms with Crippen LogP contribution in [0.3, 0.4) is 0 Å². The Kier molecular flexibility index (Phi) is 8.22. The Morgan fingerprint density at radius 3 is 1.81 bits per heavy atom. The van der Waals surface area contributed by atoms with Crippen molar-refractivity contribution in [1.82, 2.24) is 0 Å². The molecule has 0 spiro atoms. The fourth-order valence-corrected chi connectivity index (χ4v) is 3.20. The van der Waals surface area contributed by atoms with E-state index in [2.05, 4.69) is 0 Å². The van der Waals surface area contributed by atoms with Crippen molar-refractivity contribution in [3.8, 4) is 0 Å². The lowest BCUT2D eigenvalue weighted by Gasteiger charge is -2.29. The molecule has 0 rings (SSSR count). The molecule has 0 saturated heterocycles. The third-order valence-electron chi connectivity index (χ3n) is 2.59. The summed E-state index contributed by atoms with van der Waals surface area (Å²) in [6.07, 6.45) is 0. The summed E-state index contributed by atoms with van der Waals surface area (Å²) in [7, 11) is -3.75. The second-order valence-electron chi connectivity index (χ2n) is 5.05. The van der Waals surface area contributed by atoms with E-state index in [9.17, 15) is 9.36 Å². The Morgan fingerprint density at radius 1 is 1.00 bits per heavy atom. The van der Waals surface area contributed by atoms with E-state index in [0.717, 1.165) is 0 Å². The smallest absolute Gasteiger partial charge is 0.465 e. The maximum atomic E-state index is 12.5. The molecular weight excluding hydrogens is 295 g/mol. The highest BCUT2D eigenvalue weighted by Crippen LogP contribution is 2.54. The summed E-state index contributed by atoms with van der Waals surface area (Å²) in [5.74, 6) is -0.216. The molecule has 0 fully saturated rings. The number of ether oxygens (including phenoxy) is 1. The van der Waals surface area contributed by atoms with Gasteiger partial charge < -0.3 is 9.26 Å². The average Bonchev–Trinajstić information content (AvgIpc) is 2.36. The second kappa shape index (κ2) is 8.57. The molecule has 0 bridgehead atoms. The summed E-state index contributed by atoms with van der Waals surface area (Å²) >= 11 is 0. The fourth-order valence-electron chi connectivity index (χ4n) is 1.75. The van der Waals surface area contributed by atoms with E-state index >= 15 is 0 Å². The summed E-state index contributed by atoms with van der Waals surface area (Å²) in [6, 6.07) is 0. The topological polar surface area (TPSA) is 71.1 Å². The van der Waals surface area contributed by atoms with Gasteiger partial charge in [0.25, 0.3) is 0 Å². The van der Waals surface area contributed by atoms with Gasteiger partial charge in [0.15, 0.2) is 0 Å². The Labute approximate surface area is 127 Å². The number of carbonyl (C=O) groups excluding carboxylic acids is 1. The maximum absolute atomic E-state index is 12.5. The highest BCUT2D eigenvalue weighted by molar-refractivity contribution is 7.48. The van der Waals surface area contributed by atoms with Gasteiger partial charge in [0.2, 0.25) is 0 Å². The Hall–Kier alpha value is -0.840. The molecule has 0 N–H and O–H groups in total. The van der Waals surface area contributed by atoms with E-state index < -0.39 is 19.2 Å². The molecule has 6 nitrogen and oxygen atoms in total. The molecule has 0 aromatic rings. The van der Waals surface area contributed by atoms with Crippen LogP contribution in [0.2, 0.25) is 0 Å². The van der Waals surface area contributed by atoms with E-state index in [1.54, 1.807) is 48.5 Å². The van der Waals surface area contributed by atoms with Crippen molar-refractivity contribution < 1.29 is 27.7 Å². The summed E-state index contributed by atoms with van der Waals surface area (Å²) in [6.45, 7) is 12.5. The minimum Gasteiger partial charge on any atom is -0.465 e. The molecule has 0 radical (unpaired) electrons. The highest BCUT2D eigenvalue weighted by Gasteiger charge is 2.41. The zero-order valence-corrected chi connectivity index (χ0v) is 14.9. The van der Waals surface area contributed by atoms with Gasteiger partial charge in [-0.25, -0.2) is 4.57 Å². The van der Waals surface area contributed by atoms with Crippen LogP contribution < -0.4 is 0 Å². The zero-order chi connectivity index (χ0) is 16.7. The van der Waals surface area contributed by atoms with E-state index in [1.807, 2.05) is 0 Å². The summed E-state index contributed by atoms with van der Waals surface area (Å²) < 4.78 is 33.3. The van der Waals surface area contributed by atoms with Gasteiger partial charge in [-0.3, -0.25) is 13.8 Å². The number of phosphoric ester groups is 1. The number of esters is 1. The molecule has 0 aliphatic heterocycles. The number of hydrogen-bond donors (Lipinski definition) is 0. The van der Waals surface area contributed by atoms with Crippen LogP contribution in [0.4, 0.5) is 0 Å². The fraction of sp³-hybridized carbons (Fsp3) is 0.786. The molecule has 0 heterocycles. The second-order valence-corrected chi connectivity index (χ2v) is 6.64. The molecule has 0 aliphatic carbocycles. The molecule has 124 valence electrons. The van der Waals surface area contributed by atoms with E-state index in [-0.39, 0.29) is 25.6 Å². The van der Waals surface area contributed by atoms with Crippen LogP contribution >= 0.6 is 7.82 Å². The van der Waals surface area contributed by atoms with Crippen LogP contribution in [0.25, 0.3) is 0 Å². The molecule has 0 aromatic carbocycles. The van der Waals surface area contributed by atoms with Gasteiger partial charge in [0.1, 0.15) is 11.2 Å². The minimum atomic E-state index is -3.75. The van der Waals surface area contributed by atoms with Crippen LogP contribution in [-0.4, -0.2) is 25.8 Å². The number of hydrogen-bond acceptors (Lipinski definition) is 6. The Bertz CT molecular complexity index is 413. The van der Waals surface area contributed by atoms with Crippen molar-refractivity contribution in [2.75, 3.05) is 19.8 Å². The zero-order valence-electron chi connectivity index (χ0n) is 14.0. The predicted octanol–water partition coefficient (Wildman–Crippen LogP) is 4.07. The molecule has 0 aromatic heterocycles. The molecule has 7 heteroatoms. The Balaban J connectivity index is 5.49. The van der Waals surface area contributed by atoms with E-state index in [1.165, 1.54) is 0 Å². The first kappa shape index (κ1) is 20.2. The first-order valence-corrected chi connectivity index (χ1v) is 8.54. The summed E-state index contributed by atoms with van der Waals surface area (Å²) in [5.41, 5.74) is -0.383. The first-order chi connectivity index (χ1) is 9.64. The average molecular weight is 322 g/mol. The lowest BCUT2D eigenvalue weighted by molar-refractivity contribution is -0.152. The van der Waals surface area contributed by atoms with Crippen LogP contribution in [0.15, 0.2) is 11.3 Å². The van der Waals surface area contributed by atoms with E-state index in [4.69, 9.17) is 18.3 Å². The highest BCUT2D eigenvalue weighted by atomic mass is 31.2. The van der Waals surface area contributed by atoms with Gasteiger partial charge in [0, 0.05) is 0 Å². The number of phosphoric acid groups is 1. The third kappa shape index (κ3) is 5.81. The van der Waals surface area contributed by atoms with Crippen molar-refractivity contribution in [1.29, 1.82) is 0 Å². The Morgan fingerprint density at radius 2 is 1.48 bits per heavy atom. The molecule has 0 unspecified atom stereocenters. The number of rotatable bonds is 9. The van der Waals surface area contributed by atoms with Crippen LogP contribution in [-0.2, 0) is 27.7 Å². The first-order valence-electron chi connectivity index (χ1n) is 7.08. The molecule has 0 amide bonds. The third-order valence-corrected chi connectivity index (χ3v) is 4.14. The van der Waals surface area contributed by atoms with Crippen molar-refractivity contribution in [3.63, 3.8) is 0 Å². The van der Waals surface area contributed by atoms with Crippen molar-refractivity contribution in [2.24, 2.45) is 5.41 Å². The standard InChI is InChI=1S/C14H27O6P/c1-8-17-13(15)14(6,7)12(11(4)5)20-21(16,18-9-2)19-10-3/h8-10H2,1-7H3. The van der Waals surface area contributed by atoms with Gasteiger partial charge in [-0.15, -0.1) is 0 Å². The van der Waals surface area contributed by atoms with Gasteiger partial charge in [-0.2, -0.15) is 0 Å². The van der Waals surface area contributed by atoms with Crippen LogP contribution in [0.5, 0.6) is 0 Å². The van der Waals surface area contributed by atoms with Gasteiger partial charge in [-0.05, 0) is 54.0 Å². The molecule has 0 saturated carbocycles. The van der Waals surface area contributed by atoms with Gasteiger partial charge in [0.05, 0.1) is 19.8 Å². The largest absolute Gasteiger partial charge is 0.529 e. The van der Waals surface area contributed by atoms with Gasteiger partial charge >= 0.3 is 13.8 Å². The van der Waals surface area contributed by atoms with Crippen LogP contribution in [0.1, 0.15) is 48.5 Å². The number of allylic oxidation sites excluding steroid dienone is 1. The summed E-state index contributed by atoms with van der Waals surface area (Å²) in [4.78, 5) is 12.1. The minimum absolute atomic E-state index is 0.174. The van der Waals surface area contributed by atoms with Crippen molar-refractivity contribution >= 4 is 13.8 Å². The molecular formula is C14H27O6P. The van der Waals surface area contributed by atoms with E-state index in [0.29, 0.717) is 5.57 Å². The lowest BCUT2D eigenvalue weighted by Crippen LogP contribution is -2.30. The summed E-state index contributed by atoms with van der Waals surface area (Å²) in [5, 5.41) is 0. The normalized spacial score (nSPS) is 12.0. The SMILES string of the molecule is CCOC(=O)C(C)(C)C(OP(=O)(OCC)OCC)=C(C)C. The molecule has 0 atom stereocenters.